The highest BCUT2D eigenvalue weighted by molar-refractivity contribution is 6.46. The first-order valence-corrected chi connectivity index (χ1v) is 30.7. The smallest absolute Gasteiger partial charge is 0.266 e. The number of hydroxylamine groups is 4. The molecule has 0 atom stereocenters. The molecule has 0 spiro atoms. The highest BCUT2D eigenvalue weighted by atomic mass is 16.5. The summed E-state index contributed by atoms with van der Waals surface area (Å²) in [7, 11) is 0. The molecule has 12 nitrogen and oxygen atoms in total. The van der Waals surface area contributed by atoms with Gasteiger partial charge in [0.1, 0.15) is 23.0 Å². The third-order valence-electron chi connectivity index (χ3n) is 19.7. The lowest BCUT2D eigenvalue weighted by molar-refractivity contribution is -0.266. The zero-order valence-electron chi connectivity index (χ0n) is 54.4. The molecule has 0 saturated heterocycles. The van der Waals surface area contributed by atoms with Gasteiger partial charge in [0.15, 0.2) is 0 Å². The molecule has 0 aliphatic carbocycles. The van der Waals surface area contributed by atoms with Gasteiger partial charge in [-0.05, 0) is 193 Å². The van der Waals surface area contributed by atoms with Crippen LogP contribution in [-0.2, 0) is 54.2 Å². The van der Waals surface area contributed by atoms with E-state index in [1.807, 2.05) is 128 Å². The second kappa shape index (κ2) is 18.3. The molecule has 12 heteroatoms. The quantitative estimate of drug-likeness (QED) is 0.0911. The first kappa shape index (κ1) is 59.0. The number of hydrogen-bond donors (Lipinski definition) is 0. The fourth-order valence-electron chi connectivity index (χ4n) is 15.0. The van der Waals surface area contributed by atoms with Gasteiger partial charge in [-0.3, -0.25) is 19.2 Å². The molecule has 9 aromatic carbocycles. The third kappa shape index (κ3) is 8.16. The Labute approximate surface area is 515 Å². The second-order valence-electron chi connectivity index (χ2n) is 31.2. The summed E-state index contributed by atoms with van der Waals surface area (Å²) in [5, 5.41) is 34.4. The van der Waals surface area contributed by atoms with E-state index in [2.05, 4.69) is 95.2 Å². The Balaban J connectivity index is 1.14. The van der Waals surface area contributed by atoms with E-state index in [-0.39, 0.29) is 33.5 Å². The SMILES string of the molecule is CC(C)(C)c1ccc(C(C)(C)C)c(N2C(=O)c3ccc4c5c(Oc6ccc7c(c6)C(C)(C)N([O])C7(C)C)cc6c7c(ccc(c8c(Oc9ccc%10c(c9)C(C)(C)N([O])C%10(C)C)cc(c3c48)C2=O)c75)C(=O)N(c2cc(C(C)(C)C)ccc2C(C)(C)C)C6=O)c1. The molecule has 0 saturated carbocycles. The van der Waals surface area contributed by atoms with Crippen molar-refractivity contribution in [1.82, 2.24) is 10.1 Å². The number of imide groups is 2. The highest BCUT2D eigenvalue weighted by Gasteiger charge is 2.52. The molecular formula is C76H78N4O8. The largest absolute Gasteiger partial charge is 0.457 e. The molecular weight excluding hydrogens is 1100 g/mol. The zero-order chi connectivity index (χ0) is 63.8. The van der Waals surface area contributed by atoms with E-state index in [0.717, 1.165) is 54.6 Å². The summed E-state index contributed by atoms with van der Waals surface area (Å²) in [6, 6.07) is 34.3. The van der Waals surface area contributed by atoms with Crippen molar-refractivity contribution in [2.24, 2.45) is 0 Å². The Kier molecular flexibility index (Phi) is 12.3. The van der Waals surface area contributed by atoms with Crippen molar-refractivity contribution in [2.75, 3.05) is 9.80 Å². The van der Waals surface area contributed by atoms with Crippen LogP contribution in [0.4, 0.5) is 11.4 Å². The Hall–Kier alpha value is -8.00. The Morgan fingerprint density at radius 1 is 0.330 bits per heavy atom. The van der Waals surface area contributed by atoms with Crippen molar-refractivity contribution in [2.45, 2.75) is 182 Å². The molecule has 450 valence electrons. The first-order chi connectivity index (χ1) is 40.7. The lowest BCUT2D eigenvalue weighted by atomic mass is 9.79. The van der Waals surface area contributed by atoms with Crippen LogP contribution in [0.3, 0.4) is 0 Å². The molecule has 0 bridgehead atoms. The van der Waals surface area contributed by atoms with E-state index in [1.54, 1.807) is 24.3 Å². The van der Waals surface area contributed by atoms with Gasteiger partial charge in [-0.25, -0.2) is 9.80 Å². The van der Waals surface area contributed by atoms with Gasteiger partial charge in [-0.1, -0.05) is 132 Å². The number of nitrogens with zero attached hydrogens (tertiary/aromatic N) is 4. The predicted molar refractivity (Wildman–Crippen MR) is 348 cm³/mol. The number of amides is 4. The molecule has 0 fully saturated rings. The van der Waals surface area contributed by atoms with Gasteiger partial charge in [0.2, 0.25) is 0 Å². The van der Waals surface area contributed by atoms with Crippen molar-refractivity contribution in [3.05, 3.63) is 176 Å². The van der Waals surface area contributed by atoms with Crippen LogP contribution in [0.5, 0.6) is 23.0 Å². The fraction of sp³-hybridized carbons (Fsp3) is 0.368. The van der Waals surface area contributed by atoms with Crippen molar-refractivity contribution in [1.29, 1.82) is 0 Å². The molecule has 0 aromatic heterocycles. The normalized spacial score (nSPS) is 18.2. The van der Waals surface area contributed by atoms with E-state index in [9.17, 15) is 10.4 Å². The minimum atomic E-state index is -0.928. The summed E-state index contributed by atoms with van der Waals surface area (Å²) in [6.45, 7) is 40.3. The lowest BCUT2D eigenvalue weighted by Gasteiger charge is -2.35. The molecule has 0 unspecified atom stereocenters. The molecule has 9 aromatic rings. The number of anilines is 2. The predicted octanol–water partition coefficient (Wildman–Crippen LogP) is 18.4. The van der Waals surface area contributed by atoms with Gasteiger partial charge < -0.3 is 9.47 Å². The third-order valence-corrected chi connectivity index (χ3v) is 19.7. The van der Waals surface area contributed by atoms with Gasteiger partial charge in [0, 0.05) is 43.4 Å². The van der Waals surface area contributed by atoms with Gasteiger partial charge in [0.25, 0.3) is 23.6 Å². The number of ether oxygens (including phenoxy) is 2. The highest BCUT2D eigenvalue weighted by Crippen LogP contribution is 2.57. The zero-order valence-corrected chi connectivity index (χ0v) is 54.4. The number of hydrogen-bond acceptors (Lipinski definition) is 8. The fourth-order valence-corrected chi connectivity index (χ4v) is 15.0. The standard InChI is InChI=1S/C76H78N4O8/c1-69(2,3)39-21-29-51(71(7,8)9)55(33-39)77-65(81)45-27-25-43-62-58(88-42-24-32-50-54(36-42)76(19,20)80(86)74(50,15)16)38-48-60-46(66(82)78(68(48)84)56-34-40(70(4,5)6)22-30-52(56)72(10,11)12)28-26-44(64(60)62)61-57(37-47(67(77)83)59(45)63(43)61)87-41-23-31-49-53(35-41)75(17,18)79(85)73(49,13)14/h21-38H,1-20H3. The molecule has 4 aliphatic rings. The van der Waals surface area contributed by atoms with E-state index in [4.69, 9.17) is 9.47 Å². The minimum Gasteiger partial charge on any atom is -0.457 e. The molecule has 4 heterocycles. The number of fused-ring (bicyclic) bond motifs is 4. The van der Waals surface area contributed by atoms with Gasteiger partial charge in [0.05, 0.1) is 44.7 Å². The summed E-state index contributed by atoms with van der Waals surface area (Å²) < 4.78 is 14.5. The lowest BCUT2D eigenvalue weighted by Crippen LogP contribution is -2.42. The molecule has 0 N–H and O–H groups in total. The van der Waals surface area contributed by atoms with E-state index in [0.29, 0.717) is 77.1 Å². The second-order valence-corrected chi connectivity index (χ2v) is 31.2. The van der Waals surface area contributed by atoms with E-state index < -0.39 is 56.6 Å². The van der Waals surface area contributed by atoms with Crippen molar-refractivity contribution in [3.63, 3.8) is 0 Å². The van der Waals surface area contributed by atoms with Crippen LogP contribution < -0.4 is 19.3 Å². The number of carbonyl (C=O) groups excluding carboxylic acids is 4. The maximum Gasteiger partial charge on any atom is 0.266 e. The van der Waals surface area contributed by atoms with Crippen molar-refractivity contribution in [3.8, 4) is 23.0 Å². The Bertz CT molecular complexity index is 4340. The molecule has 13 rings (SSSR count). The monoisotopic (exact) mass is 1170 g/mol. The summed E-state index contributed by atoms with van der Waals surface area (Å²) in [5.41, 5.74) is 3.76. The number of carbonyl (C=O) groups is 4. The van der Waals surface area contributed by atoms with Gasteiger partial charge >= 0.3 is 0 Å². The summed E-state index contributed by atoms with van der Waals surface area (Å²) in [4.78, 5) is 66.4. The average Bonchev–Trinajstić information content (AvgIpc) is 0.942. The molecule has 2 radical (unpaired) electrons. The van der Waals surface area contributed by atoms with E-state index >= 15 is 19.2 Å². The van der Waals surface area contributed by atoms with Crippen LogP contribution in [0, 0.1) is 0 Å². The van der Waals surface area contributed by atoms with Crippen LogP contribution >= 0.6 is 0 Å². The molecule has 88 heavy (non-hydrogen) atoms. The van der Waals surface area contributed by atoms with Crippen LogP contribution in [0.1, 0.15) is 224 Å². The number of rotatable bonds is 6. The summed E-state index contributed by atoms with van der Waals surface area (Å²) in [5.74, 6) is -0.675. The Morgan fingerprint density at radius 3 is 0.989 bits per heavy atom. The van der Waals surface area contributed by atoms with Gasteiger partial charge in [-0.2, -0.15) is 0 Å². The average molecular weight is 1180 g/mol. The van der Waals surface area contributed by atoms with Crippen molar-refractivity contribution >= 4 is 78.1 Å². The summed E-state index contributed by atoms with van der Waals surface area (Å²) >= 11 is 0. The van der Waals surface area contributed by atoms with Crippen LogP contribution in [0.15, 0.2) is 109 Å². The van der Waals surface area contributed by atoms with E-state index in [1.165, 1.54) is 9.80 Å². The maximum absolute atomic E-state index is 16.1. The van der Waals surface area contributed by atoms with Crippen molar-refractivity contribution < 1.29 is 39.1 Å². The molecule has 4 aliphatic heterocycles. The van der Waals surface area contributed by atoms with Gasteiger partial charge in [-0.15, -0.1) is 20.5 Å². The first-order valence-electron chi connectivity index (χ1n) is 30.7. The van der Waals surface area contributed by atoms with Crippen LogP contribution in [0.25, 0.3) is 43.1 Å². The summed E-state index contributed by atoms with van der Waals surface area (Å²) in [6.07, 6.45) is 0. The van der Waals surface area contributed by atoms with Crippen LogP contribution in [-0.4, -0.2) is 33.8 Å². The Morgan fingerprint density at radius 2 is 0.659 bits per heavy atom. The molecule has 4 amide bonds. The minimum absolute atomic E-state index is 0.231. The number of benzene rings is 9. The van der Waals surface area contributed by atoms with Crippen LogP contribution in [0.2, 0.25) is 0 Å². The topological polar surface area (TPSA) is 139 Å². The maximum atomic E-state index is 16.1.